The zero-order chi connectivity index (χ0) is 24.7. The van der Waals surface area contributed by atoms with Crippen LogP contribution in [0.1, 0.15) is 37.6 Å². The zero-order valence-electron chi connectivity index (χ0n) is 20.1. The standard InChI is InChI=1S/C26H28FN7O/c1-5-12-33-24(35)19-15-30-25(31-18-7-6-17-14-28-10-8-16(17)13-18)32-23(19)34(33)20-9-11-29-22(21(20)27)26(2,3)4/h5-7,9,11,13,15,28H,1,8,10,12,14H2,2-4H3,(H,30,31,32). The fourth-order valence-electron chi connectivity index (χ4n) is 4.42. The van der Waals surface area contributed by atoms with E-state index in [1.807, 2.05) is 26.8 Å². The summed E-state index contributed by atoms with van der Waals surface area (Å²) in [5.74, 6) is -0.174. The first-order chi connectivity index (χ1) is 16.8. The van der Waals surface area contributed by atoms with Crippen molar-refractivity contribution in [3.05, 3.63) is 82.3 Å². The minimum atomic E-state index is -0.518. The Hall–Kier alpha value is -3.85. The Bertz CT molecular complexity index is 1500. The Kier molecular flexibility index (Phi) is 5.72. The Morgan fingerprint density at radius 1 is 1.23 bits per heavy atom. The van der Waals surface area contributed by atoms with Gasteiger partial charge in [0.05, 0.1) is 12.2 Å². The van der Waals surface area contributed by atoms with Crippen molar-refractivity contribution in [1.82, 2.24) is 29.6 Å². The molecule has 1 aliphatic heterocycles. The molecule has 0 spiro atoms. The molecule has 35 heavy (non-hydrogen) atoms. The second-order valence-corrected chi connectivity index (χ2v) is 9.70. The molecule has 0 saturated heterocycles. The van der Waals surface area contributed by atoms with Crippen molar-refractivity contribution in [2.24, 2.45) is 0 Å². The first-order valence-corrected chi connectivity index (χ1v) is 11.6. The summed E-state index contributed by atoms with van der Waals surface area (Å²) in [4.78, 5) is 26.5. The van der Waals surface area contributed by atoms with Gasteiger partial charge in [-0.2, -0.15) is 4.98 Å². The van der Waals surface area contributed by atoms with Crippen molar-refractivity contribution in [2.45, 2.75) is 45.7 Å². The average molecular weight is 474 g/mol. The normalized spacial score (nSPS) is 13.6. The van der Waals surface area contributed by atoms with E-state index >= 15 is 4.39 Å². The van der Waals surface area contributed by atoms with Gasteiger partial charge in [-0.1, -0.05) is 32.9 Å². The SMILES string of the molecule is C=CCn1c(=O)c2cnc(Nc3ccc4c(c3)CCNC4)nc2n1-c1ccnc(C(C)(C)C)c1F. The molecular weight excluding hydrogens is 445 g/mol. The molecule has 180 valence electrons. The predicted molar refractivity (Wildman–Crippen MR) is 135 cm³/mol. The van der Waals surface area contributed by atoms with E-state index in [-0.39, 0.29) is 17.8 Å². The van der Waals surface area contributed by atoms with Gasteiger partial charge in [0.1, 0.15) is 11.1 Å². The number of hydrogen-bond acceptors (Lipinski definition) is 6. The maximum Gasteiger partial charge on any atom is 0.278 e. The largest absolute Gasteiger partial charge is 0.324 e. The molecule has 0 atom stereocenters. The molecule has 0 radical (unpaired) electrons. The van der Waals surface area contributed by atoms with E-state index in [4.69, 9.17) is 0 Å². The van der Waals surface area contributed by atoms with Crippen LogP contribution in [0.15, 0.2) is 54.1 Å². The molecule has 0 unspecified atom stereocenters. The fourth-order valence-corrected chi connectivity index (χ4v) is 4.42. The molecule has 0 saturated carbocycles. The number of pyridine rings is 1. The highest BCUT2D eigenvalue weighted by Crippen LogP contribution is 2.28. The maximum absolute atomic E-state index is 15.7. The predicted octanol–water partition coefficient (Wildman–Crippen LogP) is 3.99. The summed E-state index contributed by atoms with van der Waals surface area (Å²) in [6.45, 7) is 11.4. The van der Waals surface area contributed by atoms with Gasteiger partial charge in [-0.3, -0.25) is 9.78 Å². The van der Waals surface area contributed by atoms with Crippen LogP contribution in [-0.2, 0) is 24.9 Å². The summed E-state index contributed by atoms with van der Waals surface area (Å²) in [5, 5.41) is 6.90. The molecule has 1 aliphatic rings. The highest BCUT2D eigenvalue weighted by Gasteiger charge is 2.26. The van der Waals surface area contributed by atoms with E-state index in [2.05, 4.69) is 44.3 Å². The van der Waals surface area contributed by atoms with Gasteiger partial charge >= 0.3 is 0 Å². The number of nitrogens with one attached hydrogen (secondary N) is 2. The second-order valence-electron chi connectivity index (χ2n) is 9.70. The highest BCUT2D eigenvalue weighted by atomic mass is 19.1. The molecule has 0 bridgehead atoms. The van der Waals surface area contributed by atoms with Gasteiger partial charge in [-0.15, -0.1) is 6.58 Å². The zero-order valence-corrected chi connectivity index (χ0v) is 20.1. The summed E-state index contributed by atoms with van der Waals surface area (Å²) in [7, 11) is 0. The molecule has 1 aromatic carbocycles. The topological polar surface area (TPSA) is 89.7 Å². The lowest BCUT2D eigenvalue weighted by Gasteiger charge is -2.21. The quantitative estimate of drug-likeness (QED) is 0.426. The van der Waals surface area contributed by atoms with Crippen molar-refractivity contribution >= 4 is 22.7 Å². The number of fused-ring (bicyclic) bond motifs is 2. The second kappa shape index (κ2) is 8.74. The van der Waals surface area contributed by atoms with Crippen molar-refractivity contribution in [3.63, 3.8) is 0 Å². The molecule has 3 aromatic heterocycles. The van der Waals surface area contributed by atoms with E-state index in [0.717, 1.165) is 25.2 Å². The summed E-state index contributed by atoms with van der Waals surface area (Å²) in [6, 6.07) is 7.71. The number of halogens is 1. The van der Waals surface area contributed by atoms with Crippen LogP contribution in [0.2, 0.25) is 0 Å². The number of allylic oxidation sites excluding steroid dienone is 1. The molecule has 4 heterocycles. The average Bonchev–Trinajstić information content (AvgIpc) is 3.09. The van der Waals surface area contributed by atoms with Crippen molar-refractivity contribution in [1.29, 1.82) is 0 Å². The molecule has 5 rings (SSSR count). The Labute approximate surface area is 202 Å². The number of nitrogens with zero attached hydrogens (tertiary/aromatic N) is 5. The minimum absolute atomic E-state index is 0.184. The lowest BCUT2D eigenvalue weighted by atomic mass is 9.91. The molecule has 2 N–H and O–H groups in total. The monoisotopic (exact) mass is 473 g/mol. The molecule has 4 aromatic rings. The van der Waals surface area contributed by atoms with E-state index in [0.29, 0.717) is 22.7 Å². The molecule has 0 amide bonds. The van der Waals surface area contributed by atoms with E-state index < -0.39 is 11.2 Å². The molecule has 0 fully saturated rings. The Balaban J connectivity index is 1.65. The number of anilines is 2. The first-order valence-electron chi connectivity index (χ1n) is 11.6. The van der Waals surface area contributed by atoms with Crippen LogP contribution < -0.4 is 16.2 Å². The summed E-state index contributed by atoms with van der Waals surface area (Å²) in [5.41, 5.74) is 3.39. The van der Waals surface area contributed by atoms with Crippen molar-refractivity contribution in [2.75, 3.05) is 11.9 Å². The third-order valence-electron chi connectivity index (χ3n) is 6.13. The van der Waals surface area contributed by atoms with Crippen LogP contribution in [0.3, 0.4) is 0 Å². The van der Waals surface area contributed by atoms with Crippen LogP contribution in [0.5, 0.6) is 0 Å². The first kappa shape index (κ1) is 22.9. The Morgan fingerprint density at radius 2 is 2.06 bits per heavy atom. The number of aromatic nitrogens is 5. The van der Waals surface area contributed by atoms with Gasteiger partial charge in [0, 0.05) is 30.0 Å². The molecular formula is C26H28FN7O. The maximum atomic E-state index is 15.7. The van der Waals surface area contributed by atoms with Gasteiger partial charge in [0.15, 0.2) is 11.5 Å². The van der Waals surface area contributed by atoms with Crippen LogP contribution >= 0.6 is 0 Å². The van der Waals surface area contributed by atoms with Gasteiger partial charge in [-0.25, -0.2) is 18.7 Å². The van der Waals surface area contributed by atoms with E-state index in [9.17, 15) is 4.79 Å². The lowest BCUT2D eigenvalue weighted by Crippen LogP contribution is -2.24. The summed E-state index contributed by atoms with van der Waals surface area (Å²) < 4.78 is 18.6. The van der Waals surface area contributed by atoms with Crippen LogP contribution in [0.25, 0.3) is 16.7 Å². The van der Waals surface area contributed by atoms with E-state index in [1.54, 1.807) is 18.3 Å². The third-order valence-corrected chi connectivity index (χ3v) is 6.13. The van der Waals surface area contributed by atoms with Crippen molar-refractivity contribution < 1.29 is 4.39 Å². The van der Waals surface area contributed by atoms with E-state index in [1.165, 1.54) is 26.7 Å². The van der Waals surface area contributed by atoms with Gasteiger partial charge < -0.3 is 10.6 Å². The summed E-state index contributed by atoms with van der Waals surface area (Å²) >= 11 is 0. The van der Waals surface area contributed by atoms with Crippen LogP contribution in [-0.4, -0.2) is 30.9 Å². The number of benzene rings is 1. The van der Waals surface area contributed by atoms with Crippen molar-refractivity contribution in [3.8, 4) is 5.69 Å². The third kappa shape index (κ3) is 4.12. The van der Waals surface area contributed by atoms with Crippen LogP contribution in [0.4, 0.5) is 16.0 Å². The Morgan fingerprint density at radius 3 is 2.83 bits per heavy atom. The molecule has 9 heteroatoms. The molecule has 8 nitrogen and oxygen atoms in total. The van der Waals surface area contributed by atoms with Gasteiger partial charge in [0.25, 0.3) is 5.56 Å². The van der Waals surface area contributed by atoms with Gasteiger partial charge in [0.2, 0.25) is 5.95 Å². The fraction of sp³-hybridized carbons (Fsp3) is 0.308. The minimum Gasteiger partial charge on any atom is -0.324 e. The highest BCUT2D eigenvalue weighted by molar-refractivity contribution is 5.77. The smallest absolute Gasteiger partial charge is 0.278 e. The number of rotatable bonds is 5. The molecule has 0 aliphatic carbocycles. The lowest BCUT2D eigenvalue weighted by molar-refractivity contribution is 0.489. The van der Waals surface area contributed by atoms with Crippen LogP contribution in [0, 0.1) is 5.82 Å². The van der Waals surface area contributed by atoms with Gasteiger partial charge in [-0.05, 0) is 42.3 Å². The summed E-state index contributed by atoms with van der Waals surface area (Å²) in [6.07, 6.45) is 5.58. The number of hydrogen-bond donors (Lipinski definition) is 2.